The van der Waals surface area contributed by atoms with Crippen LogP contribution in [0.2, 0.25) is 0 Å². The lowest BCUT2D eigenvalue weighted by molar-refractivity contribution is -0.139. The lowest BCUT2D eigenvalue weighted by atomic mass is 9.97. The summed E-state index contributed by atoms with van der Waals surface area (Å²) in [5, 5.41) is 18.6. The zero-order valence-corrected chi connectivity index (χ0v) is 14.5. The van der Waals surface area contributed by atoms with E-state index in [0.717, 1.165) is 22.4 Å². The normalized spacial score (nSPS) is 10.9. The van der Waals surface area contributed by atoms with E-state index in [0.29, 0.717) is 17.9 Å². The average molecular weight is 329 g/mol. The van der Waals surface area contributed by atoms with Crippen LogP contribution in [0, 0.1) is 13.8 Å². The van der Waals surface area contributed by atoms with Crippen molar-refractivity contribution in [2.75, 3.05) is 6.61 Å². The molecule has 0 bridgehead atoms. The summed E-state index contributed by atoms with van der Waals surface area (Å²) in [6, 6.07) is 7.20. The Hall–Kier alpha value is -2.56. The highest BCUT2D eigenvalue weighted by Crippen LogP contribution is 2.27. The van der Waals surface area contributed by atoms with Crippen molar-refractivity contribution >= 4 is 5.97 Å². The van der Waals surface area contributed by atoms with E-state index < -0.39 is 5.97 Å². The van der Waals surface area contributed by atoms with Gasteiger partial charge in [-0.25, -0.2) is 4.79 Å². The van der Waals surface area contributed by atoms with Gasteiger partial charge in [-0.3, -0.25) is 4.98 Å². The molecule has 0 saturated heterocycles. The first kappa shape index (κ1) is 17.8. The number of rotatable bonds is 6. The number of aromatic nitrogens is 1. The Morgan fingerprint density at radius 1 is 1.21 bits per heavy atom. The number of nitrogens with zero attached hydrogens (tertiary/aromatic N) is 1. The van der Waals surface area contributed by atoms with Gasteiger partial charge >= 0.3 is 5.97 Å². The van der Waals surface area contributed by atoms with Crippen molar-refractivity contribution in [3.05, 3.63) is 52.3 Å². The molecule has 2 N–H and O–H groups in total. The van der Waals surface area contributed by atoms with Gasteiger partial charge in [-0.15, -0.1) is 0 Å². The van der Waals surface area contributed by atoms with E-state index >= 15 is 0 Å². The van der Waals surface area contributed by atoms with E-state index in [2.05, 4.69) is 4.98 Å². The monoisotopic (exact) mass is 329 g/mol. The van der Waals surface area contributed by atoms with E-state index in [-0.39, 0.29) is 18.3 Å². The van der Waals surface area contributed by atoms with Gasteiger partial charge < -0.3 is 14.9 Å². The first-order valence-electron chi connectivity index (χ1n) is 7.91. The molecule has 0 aliphatic rings. The standard InChI is InChI=1S/C19H23NO4/c1-11(2)19-17(21)6-5-14(20-19)9-16-12(3)7-15(8-13(16)4)24-10-18(22)23/h5-8,11,21H,9-10H2,1-4H3,(H,22,23). The van der Waals surface area contributed by atoms with Gasteiger partial charge in [0.05, 0.1) is 5.69 Å². The second-order valence-corrected chi connectivity index (χ2v) is 6.26. The molecule has 2 aromatic rings. The highest BCUT2D eigenvalue weighted by molar-refractivity contribution is 5.68. The number of pyridine rings is 1. The number of aromatic hydroxyl groups is 1. The van der Waals surface area contributed by atoms with Crippen LogP contribution in [-0.2, 0) is 11.2 Å². The lowest BCUT2D eigenvalue weighted by Gasteiger charge is -2.14. The number of carboxylic acid groups (broad SMARTS) is 1. The molecule has 5 nitrogen and oxygen atoms in total. The molecule has 0 unspecified atom stereocenters. The highest BCUT2D eigenvalue weighted by Gasteiger charge is 2.12. The molecule has 128 valence electrons. The molecular weight excluding hydrogens is 306 g/mol. The summed E-state index contributed by atoms with van der Waals surface area (Å²) in [7, 11) is 0. The Bertz CT molecular complexity index is 730. The van der Waals surface area contributed by atoms with Gasteiger partial charge in [0.2, 0.25) is 0 Å². The van der Waals surface area contributed by atoms with Crippen molar-refractivity contribution in [1.82, 2.24) is 4.98 Å². The first-order valence-corrected chi connectivity index (χ1v) is 7.91. The van der Waals surface area contributed by atoms with E-state index in [9.17, 15) is 9.90 Å². The summed E-state index contributed by atoms with van der Waals surface area (Å²) in [5.41, 5.74) is 4.77. The number of benzene rings is 1. The summed E-state index contributed by atoms with van der Waals surface area (Å²) < 4.78 is 5.25. The van der Waals surface area contributed by atoms with Gasteiger partial charge in [0.1, 0.15) is 11.5 Å². The van der Waals surface area contributed by atoms with Gasteiger partial charge in [0.15, 0.2) is 6.61 Å². The minimum Gasteiger partial charge on any atom is -0.506 e. The molecule has 0 saturated carbocycles. The van der Waals surface area contributed by atoms with Crippen LogP contribution >= 0.6 is 0 Å². The minimum absolute atomic E-state index is 0.152. The quantitative estimate of drug-likeness (QED) is 0.847. The van der Waals surface area contributed by atoms with Gasteiger partial charge in [0.25, 0.3) is 0 Å². The fraction of sp³-hybridized carbons (Fsp3) is 0.368. The molecule has 5 heteroatoms. The van der Waals surface area contributed by atoms with Crippen LogP contribution in [0.3, 0.4) is 0 Å². The van der Waals surface area contributed by atoms with Crippen LogP contribution in [0.1, 0.15) is 47.8 Å². The summed E-state index contributed by atoms with van der Waals surface area (Å²) in [4.78, 5) is 15.2. The van der Waals surface area contributed by atoms with Crippen molar-refractivity contribution in [3.8, 4) is 11.5 Å². The third kappa shape index (κ3) is 4.25. The molecule has 0 aliphatic heterocycles. The largest absolute Gasteiger partial charge is 0.506 e. The zero-order chi connectivity index (χ0) is 17.9. The van der Waals surface area contributed by atoms with Crippen LogP contribution in [0.5, 0.6) is 11.5 Å². The van der Waals surface area contributed by atoms with Crippen molar-refractivity contribution < 1.29 is 19.7 Å². The molecule has 0 atom stereocenters. The molecule has 1 heterocycles. The third-order valence-corrected chi connectivity index (χ3v) is 3.90. The SMILES string of the molecule is Cc1cc(OCC(=O)O)cc(C)c1Cc1ccc(O)c(C(C)C)n1. The molecule has 2 rings (SSSR count). The lowest BCUT2D eigenvalue weighted by Crippen LogP contribution is -2.10. The molecule has 1 aromatic carbocycles. The van der Waals surface area contributed by atoms with Crippen molar-refractivity contribution in [2.24, 2.45) is 0 Å². The number of aryl methyl sites for hydroxylation is 2. The maximum Gasteiger partial charge on any atom is 0.341 e. The molecule has 0 aliphatic carbocycles. The number of hydrogen-bond acceptors (Lipinski definition) is 4. The summed E-state index contributed by atoms with van der Waals surface area (Å²) >= 11 is 0. The second-order valence-electron chi connectivity index (χ2n) is 6.26. The number of carboxylic acids is 1. The fourth-order valence-corrected chi connectivity index (χ4v) is 2.68. The molecule has 0 radical (unpaired) electrons. The molecular formula is C19H23NO4. The number of carbonyl (C=O) groups is 1. The predicted octanol–water partition coefficient (Wildman–Crippen LogP) is 3.58. The van der Waals surface area contributed by atoms with Gasteiger partial charge in [-0.1, -0.05) is 13.8 Å². The van der Waals surface area contributed by atoms with Gasteiger partial charge in [-0.05, 0) is 60.7 Å². The van der Waals surface area contributed by atoms with E-state index in [4.69, 9.17) is 9.84 Å². The summed E-state index contributed by atoms with van der Waals surface area (Å²) in [6.45, 7) is 7.59. The Morgan fingerprint density at radius 2 is 1.83 bits per heavy atom. The Labute approximate surface area is 141 Å². The maximum atomic E-state index is 10.6. The van der Waals surface area contributed by atoms with Gasteiger partial charge in [0, 0.05) is 12.1 Å². The smallest absolute Gasteiger partial charge is 0.341 e. The van der Waals surface area contributed by atoms with Crippen molar-refractivity contribution in [1.29, 1.82) is 0 Å². The van der Waals surface area contributed by atoms with E-state index in [1.807, 2.05) is 45.9 Å². The maximum absolute atomic E-state index is 10.6. The minimum atomic E-state index is -0.996. The van der Waals surface area contributed by atoms with Crippen LogP contribution in [-0.4, -0.2) is 27.8 Å². The number of hydrogen-bond donors (Lipinski definition) is 2. The molecule has 24 heavy (non-hydrogen) atoms. The van der Waals surface area contributed by atoms with Crippen molar-refractivity contribution in [3.63, 3.8) is 0 Å². The molecule has 1 aromatic heterocycles. The van der Waals surface area contributed by atoms with E-state index in [1.54, 1.807) is 6.07 Å². The van der Waals surface area contributed by atoms with Crippen LogP contribution in [0.15, 0.2) is 24.3 Å². The van der Waals surface area contributed by atoms with E-state index in [1.165, 1.54) is 0 Å². The topological polar surface area (TPSA) is 79.7 Å². The Morgan fingerprint density at radius 3 is 2.38 bits per heavy atom. The predicted molar refractivity (Wildman–Crippen MR) is 91.8 cm³/mol. The third-order valence-electron chi connectivity index (χ3n) is 3.90. The summed E-state index contributed by atoms with van der Waals surface area (Å²) in [5.74, 6) is -0.0693. The highest BCUT2D eigenvalue weighted by atomic mass is 16.5. The molecule has 0 fully saturated rings. The zero-order valence-electron chi connectivity index (χ0n) is 14.5. The van der Waals surface area contributed by atoms with Gasteiger partial charge in [-0.2, -0.15) is 0 Å². The fourth-order valence-electron chi connectivity index (χ4n) is 2.68. The van der Waals surface area contributed by atoms with Crippen LogP contribution in [0.4, 0.5) is 0 Å². The van der Waals surface area contributed by atoms with Crippen molar-refractivity contribution in [2.45, 2.75) is 40.0 Å². The Balaban J connectivity index is 2.27. The molecule has 0 spiro atoms. The number of ether oxygens (including phenoxy) is 1. The first-order chi connectivity index (χ1) is 11.3. The molecule has 0 amide bonds. The number of aliphatic carboxylic acids is 1. The summed E-state index contributed by atoms with van der Waals surface area (Å²) in [6.07, 6.45) is 0.650. The van der Waals surface area contributed by atoms with Crippen LogP contribution < -0.4 is 4.74 Å². The Kier molecular flexibility index (Phi) is 5.44. The van der Waals surface area contributed by atoms with Crippen LogP contribution in [0.25, 0.3) is 0 Å². The average Bonchev–Trinajstić information content (AvgIpc) is 2.50. The second kappa shape index (κ2) is 7.34.